The van der Waals surface area contributed by atoms with E-state index >= 15 is 0 Å². The fourth-order valence-electron chi connectivity index (χ4n) is 4.81. The fraction of sp³-hybridized carbons (Fsp3) is 0.0667. The lowest BCUT2D eigenvalue weighted by atomic mass is 10.0. The second-order valence-electron chi connectivity index (χ2n) is 8.34. The fourth-order valence-corrected chi connectivity index (χ4v) is 5.37. The highest BCUT2D eigenvalue weighted by Gasteiger charge is 2.14. The zero-order chi connectivity index (χ0) is 22.5. The van der Waals surface area contributed by atoms with Crippen LogP contribution in [0.25, 0.3) is 60.6 Å². The third-order valence-electron chi connectivity index (χ3n) is 6.33. The molecule has 2 nitrogen and oxygen atoms in total. The van der Waals surface area contributed by atoms with E-state index in [0.717, 1.165) is 26.4 Å². The predicted octanol–water partition coefficient (Wildman–Crippen LogP) is 9.56. The molecule has 0 fully saturated rings. The van der Waals surface area contributed by atoms with Crippen molar-refractivity contribution in [2.45, 2.75) is 13.8 Å². The van der Waals surface area contributed by atoms with E-state index in [0.29, 0.717) is 0 Å². The van der Waals surface area contributed by atoms with Crippen LogP contribution >= 0.6 is 15.9 Å². The van der Waals surface area contributed by atoms with Crippen molar-refractivity contribution >= 4 is 65.4 Å². The number of hydrogen-bond donors (Lipinski definition) is 0. The van der Waals surface area contributed by atoms with Crippen molar-refractivity contribution in [1.82, 2.24) is 4.57 Å². The number of fused-ring (bicyclic) bond motifs is 6. The first kappa shape index (κ1) is 20.1. The average Bonchev–Trinajstić information content (AvgIpc) is 3.38. The smallest absolute Gasteiger partial charge is 0.136 e. The van der Waals surface area contributed by atoms with Crippen LogP contribution in [-0.2, 0) is 0 Å². The summed E-state index contributed by atoms with van der Waals surface area (Å²) in [6.07, 6.45) is 6.31. The van der Waals surface area contributed by atoms with Crippen molar-refractivity contribution in [2.24, 2.45) is 0 Å². The largest absolute Gasteiger partial charge is 0.456 e. The van der Waals surface area contributed by atoms with E-state index in [2.05, 4.69) is 112 Å². The van der Waals surface area contributed by atoms with E-state index in [9.17, 15) is 0 Å². The zero-order valence-corrected chi connectivity index (χ0v) is 20.1. The Balaban J connectivity index is 1.59. The maximum absolute atomic E-state index is 6.07. The summed E-state index contributed by atoms with van der Waals surface area (Å²) in [5.41, 5.74) is 7.83. The van der Waals surface area contributed by atoms with Gasteiger partial charge in [-0.05, 0) is 73.5 Å². The minimum atomic E-state index is 0.901. The first-order valence-corrected chi connectivity index (χ1v) is 11.9. The van der Waals surface area contributed by atoms with E-state index in [-0.39, 0.29) is 0 Å². The highest BCUT2D eigenvalue weighted by atomic mass is 79.9. The van der Waals surface area contributed by atoms with E-state index < -0.39 is 0 Å². The van der Waals surface area contributed by atoms with Gasteiger partial charge in [0, 0.05) is 31.7 Å². The molecule has 2 aromatic heterocycles. The van der Waals surface area contributed by atoms with Crippen molar-refractivity contribution in [3.05, 3.63) is 102 Å². The normalized spacial score (nSPS) is 12.8. The first-order valence-electron chi connectivity index (χ1n) is 11.1. The van der Waals surface area contributed by atoms with Gasteiger partial charge in [0.1, 0.15) is 11.2 Å². The minimum absolute atomic E-state index is 0.901. The van der Waals surface area contributed by atoms with Crippen molar-refractivity contribution < 1.29 is 4.42 Å². The Morgan fingerprint density at radius 1 is 0.788 bits per heavy atom. The van der Waals surface area contributed by atoms with Crippen LogP contribution in [0.2, 0.25) is 0 Å². The molecule has 0 bridgehead atoms. The number of nitrogens with zero attached hydrogens (tertiary/aromatic N) is 1. The summed E-state index contributed by atoms with van der Waals surface area (Å²) in [7, 11) is 0. The molecule has 4 aromatic carbocycles. The van der Waals surface area contributed by atoms with Crippen LogP contribution in [0.15, 0.2) is 106 Å². The van der Waals surface area contributed by atoms with E-state index in [1.54, 1.807) is 0 Å². The number of furan rings is 1. The molecule has 6 rings (SSSR count). The Bertz CT molecular complexity index is 1750. The van der Waals surface area contributed by atoms with Crippen molar-refractivity contribution in [2.75, 3.05) is 0 Å². The molecule has 0 N–H and O–H groups in total. The van der Waals surface area contributed by atoms with Gasteiger partial charge in [0.05, 0.1) is 11.0 Å². The predicted molar refractivity (Wildman–Crippen MR) is 145 cm³/mol. The van der Waals surface area contributed by atoms with Gasteiger partial charge in [0.15, 0.2) is 0 Å². The summed E-state index contributed by atoms with van der Waals surface area (Å²) < 4.78 is 9.47. The summed E-state index contributed by atoms with van der Waals surface area (Å²) in [5.74, 6) is 0. The number of hydrogen-bond acceptors (Lipinski definition) is 1. The standard InChI is InChI=1S/C30H22BrNO/c1-3-4-8-19(2)32-26-11-6-5-9-22(26)23-17-20(13-15-27(23)32)21-14-16-28-24(18-21)30-25(31)10-7-12-29(30)33-28/h3-18H,1-2H3/b4-3-,19-8+. The first-order chi connectivity index (χ1) is 16.2. The minimum Gasteiger partial charge on any atom is -0.456 e. The number of rotatable bonds is 3. The van der Waals surface area contributed by atoms with Gasteiger partial charge in [-0.1, -0.05) is 64.5 Å². The maximum Gasteiger partial charge on any atom is 0.136 e. The van der Waals surface area contributed by atoms with Crippen LogP contribution in [0, 0.1) is 0 Å². The molecule has 0 atom stereocenters. The number of benzene rings is 4. The third kappa shape index (κ3) is 3.15. The van der Waals surface area contributed by atoms with E-state index in [1.807, 2.05) is 19.1 Å². The van der Waals surface area contributed by atoms with Gasteiger partial charge in [-0.25, -0.2) is 0 Å². The molecule has 3 heteroatoms. The second kappa shape index (κ2) is 7.79. The number of allylic oxidation sites excluding steroid dienone is 4. The van der Waals surface area contributed by atoms with Gasteiger partial charge in [0.2, 0.25) is 0 Å². The third-order valence-corrected chi connectivity index (χ3v) is 6.99. The Kier molecular flexibility index (Phi) is 4.74. The topological polar surface area (TPSA) is 18.1 Å². The summed E-state index contributed by atoms with van der Waals surface area (Å²) >= 11 is 3.70. The molecule has 0 amide bonds. The zero-order valence-electron chi connectivity index (χ0n) is 18.5. The van der Waals surface area contributed by atoms with Crippen molar-refractivity contribution in [3.63, 3.8) is 0 Å². The Labute approximate surface area is 200 Å². The van der Waals surface area contributed by atoms with Crippen LogP contribution < -0.4 is 0 Å². The summed E-state index contributed by atoms with van der Waals surface area (Å²) in [5, 5.41) is 4.77. The number of halogens is 1. The molecule has 0 aliphatic heterocycles. The Hall–Kier alpha value is -3.56. The molecule has 0 aliphatic carbocycles. The Morgan fingerprint density at radius 3 is 2.39 bits per heavy atom. The number of para-hydroxylation sites is 1. The average molecular weight is 492 g/mol. The summed E-state index contributed by atoms with van der Waals surface area (Å²) in [4.78, 5) is 0. The van der Waals surface area contributed by atoms with Crippen LogP contribution in [0.4, 0.5) is 0 Å². The van der Waals surface area contributed by atoms with Crippen LogP contribution in [-0.4, -0.2) is 4.57 Å². The molecule has 0 aliphatic rings. The lowest BCUT2D eigenvalue weighted by molar-refractivity contribution is 0.669. The molecule has 2 heterocycles. The van der Waals surface area contributed by atoms with Crippen molar-refractivity contribution in [1.29, 1.82) is 0 Å². The molecule has 6 aromatic rings. The van der Waals surface area contributed by atoms with E-state index in [4.69, 9.17) is 4.42 Å². The molecule has 0 unspecified atom stereocenters. The maximum atomic E-state index is 6.07. The number of aromatic nitrogens is 1. The van der Waals surface area contributed by atoms with Gasteiger partial charge in [-0.2, -0.15) is 0 Å². The van der Waals surface area contributed by atoms with Crippen LogP contribution in [0.5, 0.6) is 0 Å². The molecule has 160 valence electrons. The van der Waals surface area contributed by atoms with E-state index in [1.165, 1.54) is 38.6 Å². The van der Waals surface area contributed by atoms with Crippen LogP contribution in [0.3, 0.4) is 0 Å². The molecule has 0 radical (unpaired) electrons. The second-order valence-corrected chi connectivity index (χ2v) is 9.20. The molecule has 0 saturated carbocycles. The highest BCUT2D eigenvalue weighted by molar-refractivity contribution is 9.10. The Morgan fingerprint density at radius 2 is 1.55 bits per heavy atom. The quantitative estimate of drug-likeness (QED) is 0.225. The molecule has 33 heavy (non-hydrogen) atoms. The van der Waals surface area contributed by atoms with Crippen LogP contribution in [0.1, 0.15) is 13.8 Å². The van der Waals surface area contributed by atoms with Gasteiger partial charge >= 0.3 is 0 Å². The molecular weight excluding hydrogens is 470 g/mol. The lowest BCUT2D eigenvalue weighted by Crippen LogP contribution is -1.92. The molecule has 0 saturated heterocycles. The summed E-state index contributed by atoms with van der Waals surface area (Å²) in [6.45, 7) is 4.20. The van der Waals surface area contributed by atoms with Gasteiger partial charge in [0.25, 0.3) is 0 Å². The lowest BCUT2D eigenvalue weighted by Gasteiger charge is -2.08. The summed E-state index contributed by atoms with van der Waals surface area (Å²) in [6, 6.07) is 28.0. The van der Waals surface area contributed by atoms with Crippen molar-refractivity contribution in [3.8, 4) is 11.1 Å². The highest BCUT2D eigenvalue weighted by Crippen LogP contribution is 2.38. The van der Waals surface area contributed by atoms with Gasteiger partial charge < -0.3 is 8.98 Å². The van der Waals surface area contributed by atoms with Gasteiger partial charge in [-0.15, -0.1) is 0 Å². The monoisotopic (exact) mass is 491 g/mol. The molecule has 0 spiro atoms. The SMILES string of the molecule is C/C=C\C=C(/C)n1c2ccccc2c2cc(-c3ccc4oc5cccc(Br)c5c4c3)ccc21. The van der Waals surface area contributed by atoms with Gasteiger partial charge in [-0.3, -0.25) is 0 Å². The molecular formula is C30H22BrNO.